The highest BCUT2D eigenvalue weighted by Gasteiger charge is 2.31. The van der Waals surface area contributed by atoms with Gasteiger partial charge in [0.1, 0.15) is 11.3 Å². The molecule has 1 aromatic heterocycles. The van der Waals surface area contributed by atoms with Crippen LogP contribution in [0.25, 0.3) is 11.0 Å². The minimum Gasteiger partial charge on any atom is -0.459 e. The molecule has 0 radical (unpaired) electrons. The summed E-state index contributed by atoms with van der Waals surface area (Å²) in [5, 5.41) is 15.0. The Morgan fingerprint density at radius 3 is 2.70 bits per heavy atom. The van der Waals surface area contributed by atoms with Crippen LogP contribution in [0.2, 0.25) is 0 Å². The Balaban J connectivity index is 1.75. The van der Waals surface area contributed by atoms with Gasteiger partial charge in [-0.25, -0.2) is 0 Å². The van der Waals surface area contributed by atoms with Crippen LogP contribution in [0.3, 0.4) is 0 Å². The van der Waals surface area contributed by atoms with Crippen molar-refractivity contribution in [2.75, 3.05) is 6.54 Å². The third-order valence-corrected chi connectivity index (χ3v) is 4.55. The molecule has 2 aromatic rings. The Morgan fingerprint density at radius 2 is 2.00 bits per heavy atom. The topological polar surface area (TPSA) is 45.4 Å². The largest absolute Gasteiger partial charge is 0.459 e. The SMILES string of the molecule is Cc1c(C(C)NCC2(O)CCCC2)oc2ccccc12. The van der Waals surface area contributed by atoms with Crippen molar-refractivity contribution in [1.29, 1.82) is 0 Å². The molecule has 0 aliphatic heterocycles. The average Bonchev–Trinajstić information content (AvgIpc) is 3.02. The number of aryl methyl sites for hydroxylation is 1. The number of aliphatic hydroxyl groups is 1. The van der Waals surface area contributed by atoms with Crippen molar-refractivity contribution in [2.24, 2.45) is 0 Å². The highest BCUT2D eigenvalue weighted by Crippen LogP contribution is 2.31. The summed E-state index contributed by atoms with van der Waals surface area (Å²) in [6, 6.07) is 8.24. The smallest absolute Gasteiger partial charge is 0.134 e. The van der Waals surface area contributed by atoms with Crippen molar-refractivity contribution in [1.82, 2.24) is 5.32 Å². The molecular weight excluding hydrogens is 250 g/mol. The van der Waals surface area contributed by atoms with Gasteiger partial charge in [-0.2, -0.15) is 0 Å². The molecule has 3 rings (SSSR count). The van der Waals surface area contributed by atoms with Crippen LogP contribution in [-0.2, 0) is 0 Å². The number of furan rings is 1. The van der Waals surface area contributed by atoms with Gasteiger partial charge < -0.3 is 14.8 Å². The van der Waals surface area contributed by atoms with E-state index in [1.807, 2.05) is 18.2 Å². The molecule has 1 saturated carbocycles. The number of fused-ring (bicyclic) bond motifs is 1. The Hall–Kier alpha value is -1.32. The number of hydrogen-bond donors (Lipinski definition) is 2. The van der Waals surface area contributed by atoms with Crippen LogP contribution < -0.4 is 5.32 Å². The van der Waals surface area contributed by atoms with Crippen molar-refractivity contribution in [3.63, 3.8) is 0 Å². The predicted molar refractivity (Wildman–Crippen MR) is 80.8 cm³/mol. The van der Waals surface area contributed by atoms with E-state index < -0.39 is 5.60 Å². The van der Waals surface area contributed by atoms with Gasteiger partial charge in [-0.1, -0.05) is 31.0 Å². The van der Waals surface area contributed by atoms with E-state index in [9.17, 15) is 5.11 Å². The summed E-state index contributed by atoms with van der Waals surface area (Å²) in [5.74, 6) is 0.979. The van der Waals surface area contributed by atoms with E-state index in [0.29, 0.717) is 6.54 Å². The molecule has 2 N–H and O–H groups in total. The summed E-state index contributed by atoms with van der Waals surface area (Å²) >= 11 is 0. The van der Waals surface area contributed by atoms with Crippen LogP contribution in [0, 0.1) is 6.92 Å². The molecule has 1 aliphatic rings. The van der Waals surface area contributed by atoms with Crippen molar-refractivity contribution >= 4 is 11.0 Å². The molecule has 0 spiro atoms. The normalized spacial score (nSPS) is 19.6. The summed E-state index contributed by atoms with van der Waals surface area (Å²) < 4.78 is 5.96. The van der Waals surface area contributed by atoms with Crippen molar-refractivity contribution < 1.29 is 9.52 Å². The number of benzene rings is 1. The van der Waals surface area contributed by atoms with Gasteiger partial charge in [0.05, 0.1) is 11.6 Å². The molecule has 0 amide bonds. The maximum Gasteiger partial charge on any atom is 0.134 e. The predicted octanol–water partition coefficient (Wildman–Crippen LogP) is 3.70. The van der Waals surface area contributed by atoms with Crippen molar-refractivity contribution in [3.05, 3.63) is 35.6 Å². The molecule has 108 valence electrons. The second-order valence-electron chi connectivity index (χ2n) is 6.12. The second kappa shape index (κ2) is 5.23. The monoisotopic (exact) mass is 273 g/mol. The maximum absolute atomic E-state index is 10.4. The fourth-order valence-electron chi connectivity index (χ4n) is 3.25. The Kier molecular flexibility index (Phi) is 3.57. The lowest BCUT2D eigenvalue weighted by Gasteiger charge is -2.24. The first-order valence-corrected chi connectivity index (χ1v) is 7.53. The Morgan fingerprint density at radius 1 is 1.30 bits per heavy atom. The molecular formula is C17H23NO2. The van der Waals surface area contributed by atoms with E-state index in [-0.39, 0.29) is 6.04 Å². The van der Waals surface area contributed by atoms with Crippen LogP contribution in [0.15, 0.2) is 28.7 Å². The number of nitrogens with one attached hydrogen (secondary N) is 1. The zero-order valence-electron chi connectivity index (χ0n) is 12.3. The maximum atomic E-state index is 10.4. The first-order chi connectivity index (χ1) is 9.59. The molecule has 3 nitrogen and oxygen atoms in total. The summed E-state index contributed by atoms with van der Waals surface area (Å²) in [6.45, 7) is 4.84. The molecule has 3 heteroatoms. The lowest BCUT2D eigenvalue weighted by atomic mass is 10.0. The number of para-hydroxylation sites is 1. The summed E-state index contributed by atoms with van der Waals surface area (Å²) in [4.78, 5) is 0. The fraction of sp³-hybridized carbons (Fsp3) is 0.529. The fourth-order valence-corrected chi connectivity index (χ4v) is 3.25. The van der Waals surface area contributed by atoms with E-state index in [4.69, 9.17) is 4.42 Å². The minimum atomic E-state index is -0.520. The zero-order chi connectivity index (χ0) is 14.2. The third-order valence-electron chi connectivity index (χ3n) is 4.55. The van der Waals surface area contributed by atoms with E-state index in [2.05, 4.69) is 25.2 Å². The summed E-state index contributed by atoms with van der Waals surface area (Å²) in [6.07, 6.45) is 4.09. The first kappa shape index (κ1) is 13.7. The van der Waals surface area contributed by atoms with E-state index in [0.717, 1.165) is 37.0 Å². The van der Waals surface area contributed by atoms with E-state index in [1.54, 1.807) is 0 Å². The van der Waals surface area contributed by atoms with Gasteiger partial charge >= 0.3 is 0 Å². The summed E-state index contributed by atoms with van der Waals surface area (Å²) in [7, 11) is 0. The number of hydrogen-bond acceptors (Lipinski definition) is 3. The van der Waals surface area contributed by atoms with Gasteiger partial charge in [-0.05, 0) is 38.3 Å². The van der Waals surface area contributed by atoms with Gasteiger partial charge in [0.2, 0.25) is 0 Å². The molecule has 1 aromatic carbocycles. The minimum absolute atomic E-state index is 0.118. The molecule has 1 aliphatic carbocycles. The quantitative estimate of drug-likeness (QED) is 0.893. The molecule has 0 bridgehead atoms. The lowest BCUT2D eigenvalue weighted by Crippen LogP contribution is -2.39. The zero-order valence-corrected chi connectivity index (χ0v) is 12.3. The molecule has 1 atom stereocenters. The number of rotatable bonds is 4. The van der Waals surface area contributed by atoms with Crippen LogP contribution in [0.4, 0.5) is 0 Å². The second-order valence-corrected chi connectivity index (χ2v) is 6.12. The first-order valence-electron chi connectivity index (χ1n) is 7.53. The van der Waals surface area contributed by atoms with Crippen molar-refractivity contribution in [3.8, 4) is 0 Å². The molecule has 1 unspecified atom stereocenters. The van der Waals surface area contributed by atoms with Crippen LogP contribution in [-0.4, -0.2) is 17.3 Å². The van der Waals surface area contributed by atoms with Crippen LogP contribution >= 0.6 is 0 Å². The summed E-state index contributed by atoms with van der Waals surface area (Å²) in [5.41, 5.74) is 1.61. The Labute approximate surface area is 120 Å². The Bertz CT molecular complexity index is 596. The molecule has 20 heavy (non-hydrogen) atoms. The molecule has 0 saturated heterocycles. The standard InChI is InChI=1S/C17H23NO2/c1-12-14-7-3-4-8-15(14)20-16(12)13(2)18-11-17(19)9-5-6-10-17/h3-4,7-8,13,18-19H,5-6,9-11H2,1-2H3. The van der Waals surface area contributed by atoms with Crippen LogP contribution in [0.5, 0.6) is 0 Å². The molecule has 1 fully saturated rings. The van der Waals surface area contributed by atoms with Gasteiger partial charge in [-0.15, -0.1) is 0 Å². The highest BCUT2D eigenvalue weighted by molar-refractivity contribution is 5.82. The third kappa shape index (κ3) is 2.48. The van der Waals surface area contributed by atoms with Gasteiger partial charge in [0.15, 0.2) is 0 Å². The molecule has 1 heterocycles. The average molecular weight is 273 g/mol. The van der Waals surface area contributed by atoms with E-state index >= 15 is 0 Å². The lowest BCUT2D eigenvalue weighted by molar-refractivity contribution is 0.0447. The van der Waals surface area contributed by atoms with Gasteiger partial charge in [0.25, 0.3) is 0 Å². The van der Waals surface area contributed by atoms with Gasteiger partial charge in [-0.3, -0.25) is 0 Å². The highest BCUT2D eigenvalue weighted by atomic mass is 16.3. The van der Waals surface area contributed by atoms with Crippen molar-refractivity contribution in [2.45, 2.75) is 51.2 Å². The van der Waals surface area contributed by atoms with Gasteiger partial charge in [0, 0.05) is 11.9 Å². The van der Waals surface area contributed by atoms with Crippen LogP contribution in [0.1, 0.15) is 50.0 Å². The van der Waals surface area contributed by atoms with E-state index in [1.165, 1.54) is 10.9 Å².